The minimum Gasteiger partial charge on any atom is -0.790 e. The topological polar surface area (TPSA) is 412 Å². The number of aliphatic hydroxyl groups is 2. The number of ketones is 1. The highest BCUT2D eigenvalue weighted by Crippen LogP contribution is 2.57. The fourth-order valence-corrected chi connectivity index (χ4v) is 11.6. The van der Waals surface area contributed by atoms with Crippen LogP contribution in [0.1, 0.15) is 121 Å². The standard InChI is InChI=1S/C45H68N7O19P3/c1-43(2,26-68-74(65,66)71-73(63,64)67-25-31-36(70-72(60,61)62)35(55)41(69-31)52-28-51-34-38(46)49-27-50-39(34)52)37(56)40(57)48-24-16-33(54)47-23-15-32(53)44(19-20-44)17-8-6-10-30-13-11-29(12-14-30)9-5-3-4-7-18-45(21-22-45)42(58)59/h11-14,27-28,31,35-37,41,55-56H,3-10,15-26H2,1-2H3,(H,47,54)(H,48,57)(H,58,59)(H,63,64)(H,65,66)(H2,46,49,50)(H2,60,61,62)/p-4. The van der Waals surface area contributed by atoms with Crippen molar-refractivity contribution in [3.05, 3.63) is 48.0 Å². The minimum atomic E-state index is -5.94. The number of aliphatic hydroxyl groups excluding tert-OH is 2. The van der Waals surface area contributed by atoms with E-state index in [4.69, 9.17) is 10.5 Å². The molecule has 2 aliphatic carbocycles. The molecule has 1 aromatic carbocycles. The quantitative estimate of drug-likeness (QED) is 0.0371. The number of imidazole rings is 1. The third kappa shape index (κ3) is 16.7. The summed E-state index contributed by atoms with van der Waals surface area (Å²) in [7, 11) is -17.7. The first-order valence-corrected chi connectivity index (χ1v) is 28.8. The van der Waals surface area contributed by atoms with Gasteiger partial charge in [-0.25, -0.2) is 19.3 Å². The van der Waals surface area contributed by atoms with E-state index >= 15 is 0 Å². The van der Waals surface area contributed by atoms with Crippen molar-refractivity contribution in [2.45, 2.75) is 147 Å². The van der Waals surface area contributed by atoms with Gasteiger partial charge in [0.05, 0.1) is 32.8 Å². The van der Waals surface area contributed by atoms with Crippen LogP contribution in [0.25, 0.3) is 11.2 Å². The zero-order valence-corrected chi connectivity index (χ0v) is 43.8. The van der Waals surface area contributed by atoms with Crippen LogP contribution in [0.2, 0.25) is 0 Å². The molecule has 1 saturated heterocycles. The molecule has 3 heterocycles. The molecule has 2 saturated carbocycles. The number of aliphatic carboxylic acids is 1. The Labute approximate surface area is 427 Å². The molecule has 2 amide bonds. The molecule has 0 radical (unpaired) electrons. The Morgan fingerprint density at radius 3 is 2.05 bits per heavy atom. The number of fused-ring (bicyclic) bond motifs is 1. The number of nitrogens with zero attached hydrogens (tertiary/aromatic N) is 4. The van der Waals surface area contributed by atoms with E-state index in [2.05, 4.69) is 67.7 Å². The fraction of sp³-hybridized carbons (Fsp3) is 0.667. The van der Waals surface area contributed by atoms with Gasteiger partial charge in [-0.05, 0) is 75.3 Å². The van der Waals surface area contributed by atoms with Crippen LogP contribution in [0, 0.1) is 16.2 Å². The number of carboxylic acid groups (broad SMARTS) is 1. The number of aryl methyl sites for hydroxylation is 2. The summed E-state index contributed by atoms with van der Waals surface area (Å²) in [5.41, 5.74) is 5.80. The summed E-state index contributed by atoms with van der Waals surface area (Å²) in [6.07, 6.45) is 5.19. The summed E-state index contributed by atoms with van der Waals surface area (Å²) in [6.45, 7) is -0.0139. The third-order valence-electron chi connectivity index (χ3n) is 13.7. The van der Waals surface area contributed by atoms with Gasteiger partial charge in [0.2, 0.25) is 11.8 Å². The summed E-state index contributed by atoms with van der Waals surface area (Å²) in [4.78, 5) is 110. The van der Waals surface area contributed by atoms with Crippen LogP contribution >= 0.6 is 23.5 Å². The van der Waals surface area contributed by atoms with Crippen LogP contribution in [0.4, 0.5) is 5.82 Å². The number of ether oxygens (including phenoxy) is 1. The summed E-state index contributed by atoms with van der Waals surface area (Å²) < 4.78 is 61.0. The van der Waals surface area contributed by atoms with Gasteiger partial charge in [0.25, 0.3) is 15.6 Å². The van der Waals surface area contributed by atoms with Crippen LogP contribution in [-0.4, -0.2) is 109 Å². The van der Waals surface area contributed by atoms with Crippen molar-refractivity contribution in [3.63, 3.8) is 0 Å². The summed E-state index contributed by atoms with van der Waals surface area (Å²) >= 11 is 0. The van der Waals surface area contributed by atoms with Crippen LogP contribution in [0.5, 0.6) is 0 Å². The van der Waals surface area contributed by atoms with Crippen molar-refractivity contribution in [1.29, 1.82) is 0 Å². The predicted molar refractivity (Wildman–Crippen MR) is 252 cm³/mol. The Morgan fingerprint density at radius 2 is 1.43 bits per heavy atom. The van der Waals surface area contributed by atoms with Crippen molar-refractivity contribution in [2.24, 2.45) is 16.2 Å². The lowest BCUT2D eigenvalue weighted by molar-refractivity contribution is -0.347. The van der Waals surface area contributed by atoms with Crippen LogP contribution in [0.15, 0.2) is 36.9 Å². The SMILES string of the molecule is CC(C)(COP(=O)([O-])OP(=O)([O-])OCC1OC(n2cnc3c(N)ncnc32)C(O)C1OP(=O)([O-])[O-])C(O)C(=O)NCCC(=O)NCCC(=O)C1(CCCCc2ccc(CCCCCCC3(C(=O)O)CC3)cc2)CC1. The number of hydrogen-bond acceptors (Lipinski definition) is 22. The molecule has 7 atom stereocenters. The molecule has 26 nitrogen and oxygen atoms in total. The lowest BCUT2D eigenvalue weighted by atomic mass is 9.87. The maximum atomic E-state index is 13.1. The number of anilines is 1. The van der Waals surface area contributed by atoms with Gasteiger partial charge in [0, 0.05) is 36.8 Å². The van der Waals surface area contributed by atoms with Gasteiger partial charge in [-0.3, -0.25) is 32.9 Å². The number of carbonyl (C=O) groups is 4. The van der Waals surface area contributed by atoms with Crippen LogP contribution < -0.4 is 35.9 Å². The molecule has 3 aromatic rings. The highest BCUT2D eigenvalue weighted by molar-refractivity contribution is 7.59. The van der Waals surface area contributed by atoms with Crippen molar-refractivity contribution < 1.29 is 90.4 Å². The lowest BCUT2D eigenvalue weighted by Crippen LogP contribution is -2.46. The van der Waals surface area contributed by atoms with Crippen molar-refractivity contribution in [3.8, 4) is 0 Å². The number of unbranched alkanes of at least 4 members (excludes halogenated alkanes) is 4. The molecule has 2 aromatic heterocycles. The number of phosphoric ester groups is 3. The van der Waals surface area contributed by atoms with E-state index in [0.717, 1.165) is 107 Å². The molecule has 7 N–H and O–H groups in total. The van der Waals surface area contributed by atoms with Crippen LogP contribution in [0.3, 0.4) is 0 Å². The average molecular weight is 1100 g/mol. The predicted octanol–water partition coefficient (Wildman–Crippen LogP) is 1.39. The number of rotatable bonds is 33. The van der Waals surface area contributed by atoms with Gasteiger partial charge in [0.1, 0.15) is 42.0 Å². The first-order chi connectivity index (χ1) is 34.7. The molecule has 0 bridgehead atoms. The minimum absolute atomic E-state index is 0.0244. The number of carbonyl (C=O) groups excluding carboxylic acids is 3. The van der Waals surface area contributed by atoms with Gasteiger partial charge in [-0.15, -0.1) is 0 Å². The molecule has 3 fully saturated rings. The summed E-state index contributed by atoms with van der Waals surface area (Å²) in [5, 5.41) is 35.9. The number of Topliss-reactive ketones (excluding diaryl/α,β-unsaturated/α-hetero) is 1. The number of nitrogens with two attached hydrogens (primary N) is 1. The van der Waals surface area contributed by atoms with Gasteiger partial charge < -0.3 is 74.1 Å². The number of phosphoric acid groups is 3. The number of nitrogen functional groups attached to an aromatic ring is 1. The van der Waals surface area contributed by atoms with E-state index in [0.29, 0.717) is 0 Å². The normalized spacial score (nSPS) is 22.1. The Morgan fingerprint density at radius 1 is 0.851 bits per heavy atom. The van der Waals surface area contributed by atoms with E-state index < -0.39 is 95.9 Å². The highest BCUT2D eigenvalue weighted by Gasteiger charge is 2.50. The number of hydrogen-bond donors (Lipinski definition) is 6. The molecule has 3 aliphatic rings. The maximum Gasteiger partial charge on any atom is 0.309 e. The molecule has 6 rings (SSSR count). The molecule has 74 heavy (non-hydrogen) atoms. The average Bonchev–Trinajstić information content (AvgIpc) is 4.24. The second-order valence-electron chi connectivity index (χ2n) is 20.0. The maximum absolute atomic E-state index is 13.1. The third-order valence-corrected chi connectivity index (χ3v) is 16.8. The number of carboxylic acids is 1. The summed E-state index contributed by atoms with van der Waals surface area (Å²) in [6, 6.07) is 8.64. The molecular formula is C45H64N7O19P3-4. The van der Waals surface area contributed by atoms with Gasteiger partial charge in [0.15, 0.2) is 17.7 Å². The number of aromatic nitrogens is 4. The van der Waals surface area contributed by atoms with E-state index in [1.807, 2.05) is 0 Å². The zero-order chi connectivity index (χ0) is 54.1. The highest BCUT2D eigenvalue weighted by atomic mass is 31.3. The largest absolute Gasteiger partial charge is 0.790 e. The first kappa shape index (κ1) is 59.1. The molecule has 0 spiro atoms. The summed E-state index contributed by atoms with van der Waals surface area (Å²) in [5.74, 6) is -2.13. The molecular weight excluding hydrogens is 1040 g/mol. The Kier molecular flexibility index (Phi) is 19.9. The van der Waals surface area contributed by atoms with Crippen LogP contribution in [-0.2, 0) is 68.3 Å². The molecule has 29 heteroatoms. The Balaban J connectivity index is 0.833. The van der Waals surface area contributed by atoms with Gasteiger partial charge in [-0.2, -0.15) is 0 Å². The van der Waals surface area contributed by atoms with Crippen molar-refractivity contribution in [2.75, 3.05) is 32.0 Å². The molecule has 7 unspecified atom stereocenters. The molecule has 412 valence electrons. The second-order valence-corrected chi connectivity index (χ2v) is 24.0. The van der Waals surface area contributed by atoms with E-state index in [1.54, 1.807) is 0 Å². The lowest BCUT2D eigenvalue weighted by Gasteiger charge is -2.36. The number of amides is 2. The molecule has 1 aliphatic heterocycles. The Hall–Kier alpha value is -4.10. The van der Waals surface area contributed by atoms with E-state index in [-0.39, 0.29) is 54.1 Å². The van der Waals surface area contributed by atoms with Crippen molar-refractivity contribution >= 4 is 64.0 Å². The van der Waals surface area contributed by atoms with E-state index in [9.17, 15) is 67.8 Å². The second kappa shape index (κ2) is 24.9. The Bertz CT molecular complexity index is 2590. The smallest absolute Gasteiger partial charge is 0.309 e. The van der Waals surface area contributed by atoms with Gasteiger partial charge >= 0.3 is 5.97 Å². The fourth-order valence-electron chi connectivity index (χ4n) is 8.85. The number of benzene rings is 1. The first-order valence-electron chi connectivity index (χ1n) is 24.4. The number of nitrogens with one attached hydrogen (secondary N) is 2. The monoisotopic (exact) mass is 1100 g/mol. The van der Waals surface area contributed by atoms with E-state index in [1.165, 1.54) is 25.0 Å². The van der Waals surface area contributed by atoms with Gasteiger partial charge in [-0.1, -0.05) is 63.8 Å². The zero-order valence-electron chi connectivity index (χ0n) is 41.1. The van der Waals surface area contributed by atoms with Crippen molar-refractivity contribution in [1.82, 2.24) is 30.2 Å².